The van der Waals surface area contributed by atoms with Crippen LogP contribution < -0.4 is 5.32 Å². The van der Waals surface area contributed by atoms with E-state index >= 15 is 0 Å². The van der Waals surface area contributed by atoms with Crippen LogP contribution in [-0.2, 0) is 0 Å². The Kier molecular flexibility index (Phi) is 3.93. The minimum absolute atomic E-state index is 0.438. The van der Waals surface area contributed by atoms with Crippen molar-refractivity contribution in [3.05, 3.63) is 0 Å². The molecule has 3 nitrogen and oxygen atoms in total. The lowest BCUT2D eigenvalue weighted by atomic mass is 10.1. The first kappa shape index (κ1) is 12.0. The molecule has 84 valence electrons. The highest BCUT2D eigenvalue weighted by molar-refractivity contribution is 4.88. The summed E-state index contributed by atoms with van der Waals surface area (Å²) in [5.41, 5.74) is -0.610. The van der Waals surface area contributed by atoms with Gasteiger partial charge < -0.3 is 15.3 Å². The molecule has 0 bridgehead atoms. The summed E-state index contributed by atoms with van der Waals surface area (Å²) in [5.74, 6) is 0. The highest BCUT2D eigenvalue weighted by Crippen LogP contribution is 2.26. The van der Waals surface area contributed by atoms with E-state index in [1.165, 1.54) is 12.8 Å². The molecule has 0 radical (unpaired) electrons. The van der Waals surface area contributed by atoms with Gasteiger partial charge in [-0.2, -0.15) is 0 Å². The molecule has 1 aliphatic rings. The van der Waals surface area contributed by atoms with Crippen molar-refractivity contribution in [2.75, 3.05) is 20.1 Å². The van der Waals surface area contributed by atoms with Gasteiger partial charge in [0, 0.05) is 25.2 Å². The largest absolute Gasteiger partial charge is 0.388 e. The van der Waals surface area contributed by atoms with E-state index in [0.717, 1.165) is 12.6 Å². The second kappa shape index (κ2) is 4.60. The number of likely N-dealkylation sites (N-methyl/N-ethyl adjacent to an activating group) is 1. The Morgan fingerprint density at radius 2 is 2.07 bits per heavy atom. The molecule has 0 aromatic rings. The van der Waals surface area contributed by atoms with Crippen LogP contribution in [0.2, 0.25) is 0 Å². The van der Waals surface area contributed by atoms with Crippen molar-refractivity contribution in [3.63, 3.8) is 0 Å². The summed E-state index contributed by atoms with van der Waals surface area (Å²) in [6, 6.07) is 1.16. The zero-order chi connectivity index (χ0) is 10.8. The average molecular weight is 200 g/mol. The molecule has 1 unspecified atom stereocenters. The number of hydrogen-bond donors (Lipinski definition) is 2. The maximum absolute atomic E-state index is 10.1. The van der Waals surface area contributed by atoms with Crippen LogP contribution in [0.5, 0.6) is 0 Å². The lowest BCUT2D eigenvalue weighted by Crippen LogP contribution is -2.48. The molecule has 0 aromatic carbocycles. The summed E-state index contributed by atoms with van der Waals surface area (Å²) >= 11 is 0. The van der Waals surface area contributed by atoms with Gasteiger partial charge >= 0.3 is 0 Å². The number of aliphatic hydroxyl groups is 1. The number of hydrogen-bond acceptors (Lipinski definition) is 3. The van der Waals surface area contributed by atoms with Crippen LogP contribution in [0.3, 0.4) is 0 Å². The van der Waals surface area contributed by atoms with Crippen LogP contribution in [0.15, 0.2) is 0 Å². The summed E-state index contributed by atoms with van der Waals surface area (Å²) in [5, 5.41) is 13.4. The Bertz CT molecular complexity index is 176. The predicted octanol–water partition coefficient (Wildman–Crippen LogP) is 0.830. The van der Waals surface area contributed by atoms with Gasteiger partial charge in [0.1, 0.15) is 0 Å². The molecule has 0 amide bonds. The fourth-order valence-corrected chi connectivity index (χ4v) is 1.66. The number of nitrogens with zero attached hydrogens (tertiary/aromatic N) is 1. The highest BCUT2D eigenvalue weighted by atomic mass is 16.3. The molecule has 1 saturated carbocycles. The predicted molar refractivity (Wildman–Crippen MR) is 59.4 cm³/mol. The Morgan fingerprint density at radius 1 is 1.50 bits per heavy atom. The minimum Gasteiger partial charge on any atom is -0.388 e. The van der Waals surface area contributed by atoms with Gasteiger partial charge in [0.25, 0.3) is 0 Å². The van der Waals surface area contributed by atoms with Crippen molar-refractivity contribution in [3.8, 4) is 0 Å². The zero-order valence-corrected chi connectivity index (χ0v) is 9.88. The van der Waals surface area contributed by atoms with E-state index in [4.69, 9.17) is 0 Å². The molecule has 0 spiro atoms. The molecule has 1 atom stereocenters. The molecule has 2 N–H and O–H groups in total. The van der Waals surface area contributed by atoms with E-state index in [1.807, 2.05) is 6.92 Å². The zero-order valence-electron chi connectivity index (χ0n) is 9.88. The van der Waals surface area contributed by atoms with Crippen molar-refractivity contribution >= 4 is 0 Å². The summed E-state index contributed by atoms with van der Waals surface area (Å²) < 4.78 is 0. The van der Waals surface area contributed by atoms with E-state index in [2.05, 4.69) is 31.1 Å². The quantitative estimate of drug-likeness (QED) is 0.666. The second-order valence-electron chi connectivity index (χ2n) is 5.18. The van der Waals surface area contributed by atoms with E-state index < -0.39 is 5.60 Å². The maximum Gasteiger partial charge on any atom is 0.0869 e. The second-order valence-corrected chi connectivity index (χ2v) is 5.18. The molecule has 3 heteroatoms. The number of rotatable bonds is 6. The van der Waals surface area contributed by atoms with Crippen LogP contribution in [0.4, 0.5) is 0 Å². The Balaban J connectivity index is 2.24. The fourth-order valence-electron chi connectivity index (χ4n) is 1.66. The molecule has 0 aromatic heterocycles. The molecule has 1 fully saturated rings. The van der Waals surface area contributed by atoms with Crippen molar-refractivity contribution in [1.29, 1.82) is 0 Å². The van der Waals surface area contributed by atoms with Gasteiger partial charge in [-0.25, -0.2) is 0 Å². The lowest BCUT2D eigenvalue weighted by Gasteiger charge is -2.30. The lowest BCUT2D eigenvalue weighted by molar-refractivity contribution is 0.0238. The molecule has 1 rings (SSSR count). The third-order valence-electron chi connectivity index (χ3n) is 2.65. The smallest absolute Gasteiger partial charge is 0.0869 e. The van der Waals surface area contributed by atoms with Gasteiger partial charge in [-0.05, 0) is 26.8 Å². The van der Waals surface area contributed by atoms with Gasteiger partial charge in [0.15, 0.2) is 0 Å². The van der Waals surface area contributed by atoms with Crippen LogP contribution in [0.25, 0.3) is 0 Å². The Morgan fingerprint density at radius 3 is 2.50 bits per heavy atom. The first-order valence-corrected chi connectivity index (χ1v) is 5.57. The summed E-state index contributed by atoms with van der Waals surface area (Å²) in [6.07, 6.45) is 2.59. The van der Waals surface area contributed by atoms with Gasteiger partial charge in [-0.1, -0.05) is 13.8 Å². The van der Waals surface area contributed by atoms with Crippen LogP contribution in [0.1, 0.15) is 33.6 Å². The van der Waals surface area contributed by atoms with Crippen molar-refractivity contribution in [1.82, 2.24) is 10.2 Å². The minimum atomic E-state index is -0.610. The van der Waals surface area contributed by atoms with E-state index in [9.17, 15) is 5.11 Å². The highest BCUT2D eigenvalue weighted by Gasteiger charge is 2.31. The summed E-state index contributed by atoms with van der Waals surface area (Å²) in [7, 11) is 2.10. The van der Waals surface area contributed by atoms with E-state index in [-0.39, 0.29) is 0 Å². The van der Waals surface area contributed by atoms with Gasteiger partial charge in [0.2, 0.25) is 0 Å². The SMILES string of the molecule is CC(C)NCC(C)(O)CN(C)C1CC1. The summed E-state index contributed by atoms with van der Waals surface area (Å²) in [4.78, 5) is 2.27. The van der Waals surface area contributed by atoms with E-state index in [0.29, 0.717) is 12.6 Å². The van der Waals surface area contributed by atoms with E-state index in [1.54, 1.807) is 0 Å². The van der Waals surface area contributed by atoms with Gasteiger partial charge in [-0.15, -0.1) is 0 Å². The monoisotopic (exact) mass is 200 g/mol. The van der Waals surface area contributed by atoms with Crippen molar-refractivity contribution in [2.45, 2.75) is 51.3 Å². The summed E-state index contributed by atoms with van der Waals surface area (Å²) in [6.45, 7) is 7.53. The van der Waals surface area contributed by atoms with Crippen molar-refractivity contribution in [2.24, 2.45) is 0 Å². The fraction of sp³-hybridized carbons (Fsp3) is 1.00. The molecule has 0 aliphatic heterocycles. The first-order valence-electron chi connectivity index (χ1n) is 5.57. The van der Waals surface area contributed by atoms with Crippen LogP contribution in [0, 0.1) is 0 Å². The normalized spacial score (nSPS) is 21.6. The third kappa shape index (κ3) is 4.40. The standard InChI is InChI=1S/C11H24N2O/c1-9(2)12-7-11(3,14)8-13(4)10-5-6-10/h9-10,12,14H,5-8H2,1-4H3. The van der Waals surface area contributed by atoms with Crippen LogP contribution in [-0.4, -0.2) is 47.8 Å². The Labute approximate surface area is 87.5 Å². The first-order chi connectivity index (χ1) is 6.41. The molecule has 0 saturated heterocycles. The molecule has 14 heavy (non-hydrogen) atoms. The van der Waals surface area contributed by atoms with Crippen LogP contribution >= 0.6 is 0 Å². The molecule has 0 heterocycles. The molecule has 1 aliphatic carbocycles. The molecular weight excluding hydrogens is 176 g/mol. The molecular formula is C11H24N2O. The third-order valence-corrected chi connectivity index (χ3v) is 2.65. The Hall–Kier alpha value is -0.120. The van der Waals surface area contributed by atoms with Gasteiger partial charge in [0.05, 0.1) is 5.60 Å². The average Bonchev–Trinajstić information content (AvgIpc) is 2.82. The number of nitrogens with one attached hydrogen (secondary N) is 1. The van der Waals surface area contributed by atoms with Crippen molar-refractivity contribution < 1.29 is 5.11 Å². The van der Waals surface area contributed by atoms with Gasteiger partial charge in [-0.3, -0.25) is 0 Å². The maximum atomic E-state index is 10.1. The topological polar surface area (TPSA) is 35.5 Å².